The SMILES string of the molecule is CC(c1ccccc1)n1nnc(-c2ccccc2)c1Br. The summed E-state index contributed by atoms with van der Waals surface area (Å²) in [5.41, 5.74) is 3.14. The summed E-state index contributed by atoms with van der Waals surface area (Å²) < 4.78 is 2.80. The second kappa shape index (κ2) is 5.59. The van der Waals surface area contributed by atoms with Crippen molar-refractivity contribution in [2.24, 2.45) is 0 Å². The van der Waals surface area contributed by atoms with Gasteiger partial charge in [0, 0.05) is 5.56 Å². The van der Waals surface area contributed by atoms with Crippen molar-refractivity contribution in [1.82, 2.24) is 15.0 Å². The number of benzene rings is 2. The van der Waals surface area contributed by atoms with Crippen LogP contribution in [0.2, 0.25) is 0 Å². The molecule has 0 amide bonds. The third-order valence-corrected chi connectivity index (χ3v) is 4.07. The summed E-state index contributed by atoms with van der Waals surface area (Å²) in [7, 11) is 0. The van der Waals surface area contributed by atoms with Crippen LogP contribution in [-0.4, -0.2) is 15.0 Å². The van der Waals surface area contributed by atoms with E-state index in [-0.39, 0.29) is 6.04 Å². The van der Waals surface area contributed by atoms with E-state index in [2.05, 4.69) is 45.3 Å². The second-order valence-electron chi connectivity index (χ2n) is 4.63. The van der Waals surface area contributed by atoms with Crippen LogP contribution in [0, 0.1) is 0 Å². The third-order valence-electron chi connectivity index (χ3n) is 3.33. The minimum absolute atomic E-state index is 0.135. The van der Waals surface area contributed by atoms with Gasteiger partial charge in [-0.1, -0.05) is 65.9 Å². The molecule has 2 aromatic carbocycles. The van der Waals surface area contributed by atoms with E-state index in [0.717, 1.165) is 15.9 Å². The molecule has 0 N–H and O–H groups in total. The molecule has 4 heteroatoms. The molecule has 1 aromatic heterocycles. The van der Waals surface area contributed by atoms with Crippen LogP contribution in [0.5, 0.6) is 0 Å². The molecule has 1 heterocycles. The van der Waals surface area contributed by atoms with Gasteiger partial charge in [-0.05, 0) is 28.4 Å². The Kier molecular flexibility index (Phi) is 3.65. The Morgan fingerprint density at radius 1 is 0.950 bits per heavy atom. The summed E-state index contributed by atoms with van der Waals surface area (Å²) in [6.45, 7) is 2.11. The maximum Gasteiger partial charge on any atom is 0.133 e. The van der Waals surface area contributed by atoms with Crippen molar-refractivity contribution >= 4 is 15.9 Å². The van der Waals surface area contributed by atoms with Crippen LogP contribution in [-0.2, 0) is 0 Å². The molecule has 0 fully saturated rings. The van der Waals surface area contributed by atoms with Gasteiger partial charge in [-0.2, -0.15) is 0 Å². The number of nitrogens with zero attached hydrogens (tertiary/aromatic N) is 3. The average molecular weight is 328 g/mol. The smallest absolute Gasteiger partial charge is 0.133 e. The number of rotatable bonds is 3. The molecule has 0 aliphatic heterocycles. The van der Waals surface area contributed by atoms with Crippen molar-refractivity contribution in [1.29, 1.82) is 0 Å². The Bertz CT molecular complexity index is 692. The molecule has 1 unspecified atom stereocenters. The molecule has 3 aromatic rings. The van der Waals surface area contributed by atoms with Gasteiger partial charge in [0.05, 0.1) is 6.04 Å². The number of hydrogen-bond donors (Lipinski definition) is 0. The van der Waals surface area contributed by atoms with Crippen LogP contribution >= 0.6 is 15.9 Å². The summed E-state index contributed by atoms with van der Waals surface area (Å²) in [6.07, 6.45) is 0. The zero-order chi connectivity index (χ0) is 13.9. The predicted molar refractivity (Wildman–Crippen MR) is 83.4 cm³/mol. The van der Waals surface area contributed by atoms with Crippen molar-refractivity contribution < 1.29 is 0 Å². The van der Waals surface area contributed by atoms with Gasteiger partial charge in [-0.25, -0.2) is 4.68 Å². The van der Waals surface area contributed by atoms with Gasteiger partial charge < -0.3 is 0 Å². The quantitative estimate of drug-likeness (QED) is 0.717. The molecule has 3 nitrogen and oxygen atoms in total. The Labute approximate surface area is 126 Å². The molecule has 0 bridgehead atoms. The Balaban J connectivity index is 1.99. The van der Waals surface area contributed by atoms with Crippen molar-refractivity contribution in [2.75, 3.05) is 0 Å². The maximum absolute atomic E-state index is 4.30. The van der Waals surface area contributed by atoms with Gasteiger partial charge in [0.2, 0.25) is 0 Å². The highest BCUT2D eigenvalue weighted by atomic mass is 79.9. The summed E-state index contributed by atoms with van der Waals surface area (Å²) in [5, 5.41) is 8.59. The van der Waals surface area contributed by atoms with E-state index in [1.807, 2.05) is 53.2 Å². The van der Waals surface area contributed by atoms with Crippen LogP contribution in [0.15, 0.2) is 65.3 Å². The van der Waals surface area contributed by atoms with Crippen LogP contribution < -0.4 is 0 Å². The maximum atomic E-state index is 4.30. The monoisotopic (exact) mass is 327 g/mol. The lowest BCUT2D eigenvalue weighted by molar-refractivity contribution is 0.533. The minimum Gasteiger partial charge on any atom is -0.230 e. The fraction of sp³-hybridized carbons (Fsp3) is 0.125. The van der Waals surface area contributed by atoms with Gasteiger partial charge in [-0.3, -0.25) is 0 Å². The van der Waals surface area contributed by atoms with Crippen molar-refractivity contribution in [2.45, 2.75) is 13.0 Å². The normalized spacial score (nSPS) is 12.3. The van der Waals surface area contributed by atoms with Gasteiger partial charge >= 0.3 is 0 Å². The van der Waals surface area contributed by atoms with E-state index in [1.54, 1.807) is 0 Å². The zero-order valence-corrected chi connectivity index (χ0v) is 12.7. The number of halogens is 1. The summed E-state index contributed by atoms with van der Waals surface area (Å²) in [5.74, 6) is 0. The first-order valence-electron chi connectivity index (χ1n) is 6.48. The minimum atomic E-state index is 0.135. The summed E-state index contributed by atoms with van der Waals surface area (Å²) in [6, 6.07) is 20.5. The molecule has 0 spiro atoms. The first-order valence-corrected chi connectivity index (χ1v) is 7.27. The molecule has 0 saturated carbocycles. The van der Waals surface area contributed by atoms with Crippen molar-refractivity contribution in [3.8, 4) is 11.3 Å². The Morgan fingerprint density at radius 3 is 2.20 bits per heavy atom. The van der Waals surface area contributed by atoms with Crippen molar-refractivity contribution in [3.63, 3.8) is 0 Å². The molecule has 1 atom stereocenters. The summed E-state index contributed by atoms with van der Waals surface area (Å²) in [4.78, 5) is 0. The molecule has 0 aliphatic carbocycles. The van der Waals surface area contributed by atoms with Crippen molar-refractivity contribution in [3.05, 3.63) is 70.8 Å². The average Bonchev–Trinajstić information content (AvgIpc) is 2.90. The summed E-state index contributed by atoms with van der Waals surface area (Å²) >= 11 is 3.62. The predicted octanol–water partition coefficient (Wildman–Crippen LogP) is 4.32. The topological polar surface area (TPSA) is 30.7 Å². The second-order valence-corrected chi connectivity index (χ2v) is 5.38. The fourth-order valence-corrected chi connectivity index (χ4v) is 2.86. The van der Waals surface area contributed by atoms with E-state index in [9.17, 15) is 0 Å². The van der Waals surface area contributed by atoms with E-state index in [0.29, 0.717) is 0 Å². The third kappa shape index (κ3) is 2.39. The highest BCUT2D eigenvalue weighted by Gasteiger charge is 2.17. The first kappa shape index (κ1) is 13.1. The molecule has 100 valence electrons. The molecular formula is C16H14BrN3. The molecule has 0 aliphatic rings. The molecule has 20 heavy (non-hydrogen) atoms. The van der Waals surface area contributed by atoms with E-state index in [4.69, 9.17) is 0 Å². The fourth-order valence-electron chi connectivity index (χ4n) is 2.18. The van der Waals surface area contributed by atoms with Gasteiger partial charge in [0.15, 0.2) is 0 Å². The van der Waals surface area contributed by atoms with Crippen LogP contribution in [0.3, 0.4) is 0 Å². The molecular weight excluding hydrogens is 314 g/mol. The van der Waals surface area contributed by atoms with Gasteiger partial charge in [-0.15, -0.1) is 5.10 Å². The number of hydrogen-bond acceptors (Lipinski definition) is 2. The Hall–Kier alpha value is -1.94. The molecule has 0 saturated heterocycles. The van der Waals surface area contributed by atoms with Crippen LogP contribution in [0.25, 0.3) is 11.3 Å². The number of aromatic nitrogens is 3. The van der Waals surface area contributed by atoms with Crippen LogP contribution in [0.1, 0.15) is 18.5 Å². The van der Waals surface area contributed by atoms with E-state index >= 15 is 0 Å². The lowest BCUT2D eigenvalue weighted by Crippen LogP contribution is -2.08. The van der Waals surface area contributed by atoms with E-state index in [1.165, 1.54) is 5.56 Å². The van der Waals surface area contributed by atoms with Crippen LogP contribution in [0.4, 0.5) is 0 Å². The lowest BCUT2D eigenvalue weighted by Gasteiger charge is -2.12. The largest absolute Gasteiger partial charge is 0.230 e. The highest BCUT2D eigenvalue weighted by Crippen LogP contribution is 2.29. The lowest BCUT2D eigenvalue weighted by atomic mass is 10.1. The highest BCUT2D eigenvalue weighted by molar-refractivity contribution is 9.10. The van der Waals surface area contributed by atoms with Gasteiger partial charge in [0.1, 0.15) is 10.3 Å². The van der Waals surface area contributed by atoms with Gasteiger partial charge in [0.25, 0.3) is 0 Å². The zero-order valence-electron chi connectivity index (χ0n) is 11.1. The molecule has 3 rings (SSSR count). The first-order chi connectivity index (χ1) is 9.77. The molecule has 0 radical (unpaired) electrons. The Morgan fingerprint density at radius 2 is 1.55 bits per heavy atom. The van der Waals surface area contributed by atoms with E-state index < -0.39 is 0 Å². The standard InChI is InChI=1S/C16H14BrN3/c1-12(13-8-4-2-5-9-13)20-16(17)15(18-19-20)14-10-6-3-7-11-14/h2-12H,1H3.